The SMILES string of the molecule is COc1ccc(CC(=O)N2CCCC(NS(C)(=O)=O)C2)cc1OC. The average Bonchev–Trinajstić information content (AvgIpc) is 2.53. The van der Waals surface area contributed by atoms with Crippen molar-refractivity contribution in [3.8, 4) is 11.5 Å². The maximum absolute atomic E-state index is 12.5. The molecule has 24 heavy (non-hydrogen) atoms. The third kappa shape index (κ3) is 5.10. The van der Waals surface area contributed by atoms with E-state index < -0.39 is 10.0 Å². The van der Waals surface area contributed by atoms with Gasteiger partial charge in [0.15, 0.2) is 11.5 Å². The monoisotopic (exact) mass is 356 g/mol. The standard InChI is InChI=1S/C16H24N2O5S/c1-22-14-7-6-12(9-15(14)23-2)10-16(19)18-8-4-5-13(11-18)17-24(3,20)21/h6-7,9,13,17H,4-5,8,10-11H2,1-3H3. The zero-order valence-electron chi connectivity index (χ0n) is 14.2. The molecule has 1 aromatic carbocycles. The number of methoxy groups -OCH3 is 2. The second-order valence-corrected chi connectivity index (χ2v) is 7.72. The first kappa shape index (κ1) is 18.5. The van der Waals surface area contributed by atoms with Crippen molar-refractivity contribution in [2.24, 2.45) is 0 Å². The third-order valence-electron chi connectivity index (χ3n) is 3.96. The van der Waals surface area contributed by atoms with Gasteiger partial charge in [-0.3, -0.25) is 4.79 Å². The fourth-order valence-corrected chi connectivity index (χ4v) is 3.68. The van der Waals surface area contributed by atoms with Crippen molar-refractivity contribution >= 4 is 15.9 Å². The van der Waals surface area contributed by atoms with E-state index in [0.29, 0.717) is 24.6 Å². The molecule has 8 heteroatoms. The number of carbonyl (C=O) groups excluding carboxylic acids is 1. The average molecular weight is 356 g/mol. The van der Waals surface area contributed by atoms with E-state index in [0.717, 1.165) is 24.7 Å². The largest absolute Gasteiger partial charge is 0.493 e. The van der Waals surface area contributed by atoms with Crippen LogP contribution in [0.1, 0.15) is 18.4 Å². The second-order valence-electron chi connectivity index (χ2n) is 5.94. The highest BCUT2D eigenvalue weighted by Crippen LogP contribution is 2.28. The predicted molar refractivity (Wildman–Crippen MR) is 90.8 cm³/mol. The minimum Gasteiger partial charge on any atom is -0.493 e. The van der Waals surface area contributed by atoms with Crippen LogP contribution in [0.2, 0.25) is 0 Å². The van der Waals surface area contributed by atoms with Gasteiger partial charge in [-0.2, -0.15) is 0 Å². The lowest BCUT2D eigenvalue weighted by Gasteiger charge is -2.32. The molecular formula is C16H24N2O5S. The van der Waals surface area contributed by atoms with Crippen LogP contribution in [-0.4, -0.2) is 58.8 Å². The molecule has 1 amide bonds. The van der Waals surface area contributed by atoms with Crippen molar-refractivity contribution in [1.29, 1.82) is 0 Å². The van der Waals surface area contributed by atoms with Crippen LogP contribution in [0.3, 0.4) is 0 Å². The topological polar surface area (TPSA) is 84.9 Å². The van der Waals surface area contributed by atoms with Crippen LogP contribution in [0.4, 0.5) is 0 Å². The van der Waals surface area contributed by atoms with Gasteiger partial charge in [0.2, 0.25) is 15.9 Å². The Balaban J connectivity index is 2.01. The van der Waals surface area contributed by atoms with E-state index in [1.54, 1.807) is 31.3 Å². The van der Waals surface area contributed by atoms with Gasteiger partial charge in [-0.1, -0.05) is 6.07 Å². The van der Waals surface area contributed by atoms with E-state index in [2.05, 4.69) is 4.72 Å². The van der Waals surface area contributed by atoms with Crippen molar-refractivity contribution in [3.63, 3.8) is 0 Å². The van der Waals surface area contributed by atoms with Crippen LogP contribution in [-0.2, 0) is 21.2 Å². The number of amides is 1. The van der Waals surface area contributed by atoms with Crippen LogP contribution >= 0.6 is 0 Å². The summed E-state index contributed by atoms with van der Waals surface area (Å²) in [4.78, 5) is 14.2. The molecule has 1 heterocycles. The van der Waals surface area contributed by atoms with Gasteiger partial charge in [0.25, 0.3) is 0 Å². The molecule has 1 aliphatic heterocycles. The van der Waals surface area contributed by atoms with Crippen LogP contribution in [0.5, 0.6) is 11.5 Å². The van der Waals surface area contributed by atoms with E-state index in [1.165, 1.54) is 0 Å². The summed E-state index contributed by atoms with van der Waals surface area (Å²) >= 11 is 0. The van der Waals surface area contributed by atoms with Crippen molar-refractivity contribution in [3.05, 3.63) is 23.8 Å². The lowest BCUT2D eigenvalue weighted by atomic mass is 10.0. The fourth-order valence-electron chi connectivity index (χ4n) is 2.88. The minimum atomic E-state index is -3.27. The van der Waals surface area contributed by atoms with E-state index in [4.69, 9.17) is 9.47 Å². The lowest BCUT2D eigenvalue weighted by molar-refractivity contribution is -0.131. The third-order valence-corrected chi connectivity index (χ3v) is 4.72. The first-order valence-corrected chi connectivity index (χ1v) is 9.67. The predicted octanol–water partition coefficient (Wildman–Crippen LogP) is 0.787. The molecular weight excluding hydrogens is 332 g/mol. The Bertz CT molecular complexity index is 690. The van der Waals surface area contributed by atoms with Crippen molar-refractivity contribution in [2.45, 2.75) is 25.3 Å². The van der Waals surface area contributed by atoms with Gasteiger partial charge >= 0.3 is 0 Å². The number of piperidine rings is 1. The smallest absolute Gasteiger partial charge is 0.227 e. The Kier molecular flexibility index (Phi) is 6.06. The van der Waals surface area contributed by atoms with Gasteiger partial charge in [-0.15, -0.1) is 0 Å². The number of sulfonamides is 1. The Labute approximate surface area is 143 Å². The first-order chi connectivity index (χ1) is 11.3. The Hall–Kier alpha value is -1.80. The molecule has 134 valence electrons. The molecule has 1 unspecified atom stereocenters. The Morgan fingerprint density at radius 2 is 2.00 bits per heavy atom. The van der Waals surface area contributed by atoms with Gasteiger partial charge in [-0.05, 0) is 30.5 Å². The maximum atomic E-state index is 12.5. The number of carbonyl (C=O) groups is 1. The molecule has 2 rings (SSSR count). The summed E-state index contributed by atoms with van der Waals surface area (Å²) in [6.45, 7) is 1.05. The summed E-state index contributed by atoms with van der Waals surface area (Å²) in [5, 5.41) is 0. The molecule has 1 N–H and O–H groups in total. The molecule has 0 aromatic heterocycles. The molecule has 7 nitrogen and oxygen atoms in total. The van der Waals surface area contributed by atoms with Crippen molar-refractivity contribution in [2.75, 3.05) is 33.6 Å². The molecule has 1 fully saturated rings. The highest BCUT2D eigenvalue weighted by atomic mass is 32.2. The quantitative estimate of drug-likeness (QED) is 0.814. The van der Waals surface area contributed by atoms with Crippen LogP contribution in [0.15, 0.2) is 18.2 Å². The highest BCUT2D eigenvalue weighted by Gasteiger charge is 2.25. The molecule has 1 atom stereocenters. The first-order valence-electron chi connectivity index (χ1n) is 7.78. The zero-order valence-corrected chi connectivity index (χ0v) is 15.1. The molecule has 1 aromatic rings. The number of nitrogens with zero attached hydrogens (tertiary/aromatic N) is 1. The number of ether oxygens (including phenoxy) is 2. The minimum absolute atomic E-state index is 0.0257. The van der Waals surface area contributed by atoms with Crippen LogP contribution < -0.4 is 14.2 Å². The van der Waals surface area contributed by atoms with Gasteiger partial charge in [-0.25, -0.2) is 13.1 Å². The highest BCUT2D eigenvalue weighted by molar-refractivity contribution is 7.88. The second kappa shape index (κ2) is 7.85. The van der Waals surface area contributed by atoms with Gasteiger partial charge < -0.3 is 14.4 Å². The molecule has 0 aliphatic carbocycles. The summed E-state index contributed by atoms with van der Waals surface area (Å²) < 4.78 is 35.7. The molecule has 0 bridgehead atoms. The summed E-state index contributed by atoms with van der Waals surface area (Å²) in [7, 11) is -0.155. The molecule has 0 spiro atoms. The number of hydrogen-bond donors (Lipinski definition) is 1. The molecule has 0 radical (unpaired) electrons. The summed E-state index contributed by atoms with van der Waals surface area (Å²) in [6.07, 6.45) is 2.90. The number of rotatable bonds is 6. The lowest BCUT2D eigenvalue weighted by Crippen LogP contribution is -2.49. The van der Waals surface area contributed by atoms with E-state index >= 15 is 0 Å². The zero-order chi connectivity index (χ0) is 17.7. The number of hydrogen-bond acceptors (Lipinski definition) is 5. The molecule has 1 saturated heterocycles. The van der Waals surface area contributed by atoms with E-state index in [1.807, 2.05) is 6.07 Å². The van der Waals surface area contributed by atoms with Gasteiger partial charge in [0, 0.05) is 19.1 Å². The Morgan fingerprint density at radius 3 is 2.62 bits per heavy atom. The van der Waals surface area contributed by atoms with Crippen molar-refractivity contribution in [1.82, 2.24) is 9.62 Å². The summed E-state index contributed by atoms with van der Waals surface area (Å²) in [5.74, 6) is 1.17. The van der Waals surface area contributed by atoms with Crippen LogP contribution in [0, 0.1) is 0 Å². The van der Waals surface area contributed by atoms with E-state index in [-0.39, 0.29) is 18.4 Å². The van der Waals surface area contributed by atoms with E-state index in [9.17, 15) is 13.2 Å². The molecule has 0 saturated carbocycles. The van der Waals surface area contributed by atoms with Crippen LogP contribution in [0.25, 0.3) is 0 Å². The van der Waals surface area contributed by atoms with Gasteiger partial charge in [0.05, 0.1) is 26.9 Å². The summed E-state index contributed by atoms with van der Waals surface area (Å²) in [5.41, 5.74) is 0.829. The Morgan fingerprint density at radius 1 is 1.29 bits per heavy atom. The normalized spacial score (nSPS) is 18.3. The number of benzene rings is 1. The van der Waals surface area contributed by atoms with Gasteiger partial charge in [0.1, 0.15) is 0 Å². The number of likely N-dealkylation sites (tertiary alicyclic amines) is 1. The molecule has 1 aliphatic rings. The maximum Gasteiger partial charge on any atom is 0.227 e. The van der Waals surface area contributed by atoms with Crippen molar-refractivity contribution < 1.29 is 22.7 Å². The fraction of sp³-hybridized carbons (Fsp3) is 0.562. The number of nitrogens with one attached hydrogen (secondary N) is 1. The summed E-state index contributed by atoms with van der Waals surface area (Å²) in [6, 6.07) is 5.16.